The summed E-state index contributed by atoms with van der Waals surface area (Å²) in [6, 6.07) is 0. The fourth-order valence-corrected chi connectivity index (χ4v) is 1.92. The predicted octanol–water partition coefficient (Wildman–Crippen LogP) is 5.03. The van der Waals surface area contributed by atoms with Gasteiger partial charge in [0.25, 0.3) is 0 Å². The molecule has 0 amide bonds. The molecule has 0 aromatic carbocycles. The van der Waals surface area contributed by atoms with Gasteiger partial charge >= 0.3 is 0 Å². The van der Waals surface area contributed by atoms with E-state index in [-0.39, 0.29) is 0 Å². The second-order valence-corrected chi connectivity index (χ2v) is 4.64. The Balaban J connectivity index is 2.88. The summed E-state index contributed by atoms with van der Waals surface area (Å²) in [6.45, 7) is 5.47. The van der Waals surface area contributed by atoms with E-state index in [1.165, 1.54) is 64.2 Å². The second-order valence-electron chi connectivity index (χ2n) is 4.64. The smallest absolute Gasteiger partial charge is 0.0141 e. The first kappa shape index (κ1) is 15.5. The van der Waals surface area contributed by atoms with Crippen LogP contribution in [-0.4, -0.2) is 6.54 Å². The lowest BCUT2D eigenvalue weighted by atomic mass is 10.1. The lowest BCUT2D eigenvalue weighted by Gasteiger charge is -2.02. The summed E-state index contributed by atoms with van der Waals surface area (Å²) in [5.74, 6) is 0. The molecular weight excluding hydrogens is 194 g/mol. The van der Waals surface area contributed by atoms with Crippen molar-refractivity contribution in [3.63, 3.8) is 0 Å². The lowest BCUT2D eigenvalue weighted by Crippen LogP contribution is -2.05. The highest BCUT2D eigenvalue weighted by Gasteiger charge is 1.91. The Labute approximate surface area is 103 Å². The van der Waals surface area contributed by atoms with Crippen molar-refractivity contribution in [2.24, 2.45) is 0 Å². The fraction of sp³-hybridized carbons (Fsp3) is 0.867. The van der Waals surface area contributed by atoms with Crippen molar-refractivity contribution in [3.05, 3.63) is 12.3 Å². The standard InChI is InChI=1S/C15H31N/c1-3-5-6-7-8-9-10-11-12-13-15-16-14-4-2/h4,14,16H,3,5-13,15H2,1-2H3. The summed E-state index contributed by atoms with van der Waals surface area (Å²) in [7, 11) is 0. The van der Waals surface area contributed by atoms with Gasteiger partial charge < -0.3 is 5.32 Å². The van der Waals surface area contributed by atoms with E-state index in [2.05, 4.69) is 18.3 Å². The van der Waals surface area contributed by atoms with Crippen molar-refractivity contribution in [2.75, 3.05) is 6.54 Å². The third kappa shape index (κ3) is 13.5. The van der Waals surface area contributed by atoms with Gasteiger partial charge in [0.15, 0.2) is 0 Å². The third-order valence-corrected chi connectivity index (χ3v) is 2.96. The molecule has 1 N–H and O–H groups in total. The molecule has 0 aliphatic carbocycles. The van der Waals surface area contributed by atoms with Crippen molar-refractivity contribution in [1.29, 1.82) is 0 Å². The van der Waals surface area contributed by atoms with Gasteiger partial charge in [0, 0.05) is 6.54 Å². The average Bonchev–Trinajstić information content (AvgIpc) is 2.31. The first-order chi connectivity index (χ1) is 7.91. The molecule has 1 nitrogen and oxygen atoms in total. The highest BCUT2D eigenvalue weighted by molar-refractivity contribution is 4.73. The summed E-state index contributed by atoms with van der Waals surface area (Å²) < 4.78 is 0. The van der Waals surface area contributed by atoms with E-state index in [0.717, 1.165) is 6.54 Å². The van der Waals surface area contributed by atoms with E-state index in [9.17, 15) is 0 Å². The van der Waals surface area contributed by atoms with Crippen molar-refractivity contribution in [1.82, 2.24) is 5.32 Å². The van der Waals surface area contributed by atoms with E-state index in [1.807, 2.05) is 13.1 Å². The van der Waals surface area contributed by atoms with Crippen LogP contribution in [-0.2, 0) is 0 Å². The maximum atomic E-state index is 3.28. The van der Waals surface area contributed by atoms with Crippen LogP contribution in [0.3, 0.4) is 0 Å². The maximum absolute atomic E-state index is 3.28. The van der Waals surface area contributed by atoms with Gasteiger partial charge in [0.05, 0.1) is 0 Å². The number of hydrogen-bond donors (Lipinski definition) is 1. The van der Waals surface area contributed by atoms with E-state index >= 15 is 0 Å². The number of nitrogens with one attached hydrogen (secondary N) is 1. The summed E-state index contributed by atoms with van der Waals surface area (Å²) in [5, 5.41) is 3.28. The van der Waals surface area contributed by atoms with Crippen LogP contribution < -0.4 is 5.32 Å². The van der Waals surface area contributed by atoms with Crippen LogP contribution in [0.1, 0.15) is 78.1 Å². The molecule has 0 unspecified atom stereocenters. The summed E-state index contributed by atoms with van der Waals surface area (Å²) >= 11 is 0. The highest BCUT2D eigenvalue weighted by atomic mass is 14.8. The molecule has 0 bridgehead atoms. The molecule has 0 aliphatic heterocycles. The molecule has 0 aromatic heterocycles. The van der Waals surface area contributed by atoms with Gasteiger partial charge in [-0.1, -0.05) is 70.8 Å². The molecule has 0 aromatic rings. The Kier molecular flexibility index (Phi) is 14.1. The predicted molar refractivity (Wildman–Crippen MR) is 74.7 cm³/mol. The molecule has 1 heteroatoms. The minimum atomic E-state index is 1.14. The summed E-state index contributed by atoms with van der Waals surface area (Å²) in [5.41, 5.74) is 0. The van der Waals surface area contributed by atoms with Crippen LogP contribution >= 0.6 is 0 Å². The van der Waals surface area contributed by atoms with E-state index < -0.39 is 0 Å². The Hall–Kier alpha value is -0.460. The largest absolute Gasteiger partial charge is 0.391 e. The Morgan fingerprint density at radius 2 is 1.25 bits per heavy atom. The lowest BCUT2D eigenvalue weighted by molar-refractivity contribution is 0.553. The highest BCUT2D eigenvalue weighted by Crippen LogP contribution is 2.10. The molecule has 0 saturated heterocycles. The maximum Gasteiger partial charge on any atom is 0.0141 e. The Bertz CT molecular complexity index is 140. The zero-order chi connectivity index (χ0) is 11.9. The van der Waals surface area contributed by atoms with Crippen LogP contribution in [0.5, 0.6) is 0 Å². The van der Waals surface area contributed by atoms with Crippen LogP contribution in [0.15, 0.2) is 12.3 Å². The van der Waals surface area contributed by atoms with Gasteiger partial charge in [0.1, 0.15) is 0 Å². The second kappa shape index (κ2) is 14.5. The molecule has 0 atom stereocenters. The normalized spacial score (nSPS) is 11.1. The fourth-order valence-electron chi connectivity index (χ4n) is 1.92. The van der Waals surface area contributed by atoms with Crippen molar-refractivity contribution in [3.8, 4) is 0 Å². The third-order valence-electron chi connectivity index (χ3n) is 2.96. The Morgan fingerprint density at radius 3 is 1.75 bits per heavy atom. The minimum Gasteiger partial charge on any atom is -0.391 e. The quantitative estimate of drug-likeness (QED) is 0.459. The molecular formula is C15H31N. The molecule has 0 saturated carbocycles. The summed E-state index contributed by atoms with van der Waals surface area (Å²) in [4.78, 5) is 0. The SMILES string of the molecule is CC=CNCCCCCCCCCCCC. The molecule has 0 spiro atoms. The van der Waals surface area contributed by atoms with Gasteiger partial charge in [0.2, 0.25) is 0 Å². The zero-order valence-electron chi connectivity index (χ0n) is 11.4. The van der Waals surface area contributed by atoms with Crippen molar-refractivity contribution in [2.45, 2.75) is 78.1 Å². The monoisotopic (exact) mass is 225 g/mol. The van der Waals surface area contributed by atoms with Crippen molar-refractivity contribution >= 4 is 0 Å². The molecule has 0 rings (SSSR count). The number of unbranched alkanes of at least 4 members (excludes halogenated alkanes) is 9. The first-order valence-electron chi connectivity index (χ1n) is 7.26. The van der Waals surface area contributed by atoms with Crippen LogP contribution in [0.25, 0.3) is 0 Å². The van der Waals surface area contributed by atoms with Crippen LogP contribution in [0, 0.1) is 0 Å². The first-order valence-corrected chi connectivity index (χ1v) is 7.26. The number of hydrogen-bond acceptors (Lipinski definition) is 1. The number of allylic oxidation sites excluding steroid dienone is 1. The Morgan fingerprint density at radius 1 is 0.750 bits per heavy atom. The number of rotatable bonds is 12. The van der Waals surface area contributed by atoms with Crippen molar-refractivity contribution < 1.29 is 0 Å². The van der Waals surface area contributed by atoms with Gasteiger partial charge in [-0.3, -0.25) is 0 Å². The minimum absolute atomic E-state index is 1.14. The van der Waals surface area contributed by atoms with Crippen LogP contribution in [0.2, 0.25) is 0 Å². The molecule has 0 heterocycles. The molecule has 16 heavy (non-hydrogen) atoms. The van der Waals surface area contributed by atoms with E-state index in [4.69, 9.17) is 0 Å². The van der Waals surface area contributed by atoms with E-state index in [0.29, 0.717) is 0 Å². The molecule has 0 fully saturated rings. The zero-order valence-corrected chi connectivity index (χ0v) is 11.4. The van der Waals surface area contributed by atoms with Crippen LogP contribution in [0.4, 0.5) is 0 Å². The van der Waals surface area contributed by atoms with Gasteiger partial charge in [-0.2, -0.15) is 0 Å². The molecule has 0 aliphatic rings. The van der Waals surface area contributed by atoms with Gasteiger partial charge in [-0.05, 0) is 19.5 Å². The van der Waals surface area contributed by atoms with Gasteiger partial charge in [-0.15, -0.1) is 0 Å². The summed E-state index contributed by atoms with van der Waals surface area (Å²) in [6.07, 6.45) is 18.3. The average molecular weight is 225 g/mol. The topological polar surface area (TPSA) is 12.0 Å². The van der Waals surface area contributed by atoms with E-state index in [1.54, 1.807) is 0 Å². The molecule has 0 radical (unpaired) electrons. The van der Waals surface area contributed by atoms with Gasteiger partial charge in [-0.25, -0.2) is 0 Å². The molecule has 96 valence electrons.